The van der Waals surface area contributed by atoms with Crippen molar-refractivity contribution in [1.82, 2.24) is 9.97 Å². The number of nitrogens with one attached hydrogen (secondary N) is 1. The number of carboxylic acids is 1. The van der Waals surface area contributed by atoms with Gasteiger partial charge in [0.1, 0.15) is 13.2 Å². The van der Waals surface area contributed by atoms with Gasteiger partial charge in [0.25, 0.3) is 0 Å². The number of carbonyl (C=O) groups is 2. The number of aromatic nitrogens is 2. The van der Waals surface area contributed by atoms with E-state index in [2.05, 4.69) is 15.3 Å². The Morgan fingerprint density at radius 2 is 1.57 bits per heavy atom. The lowest BCUT2D eigenvalue weighted by Crippen LogP contribution is -2.46. The third-order valence-corrected chi connectivity index (χ3v) is 7.77. The first-order valence-corrected chi connectivity index (χ1v) is 15.2. The van der Waals surface area contributed by atoms with Crippen molar-refractivity contribution in [2.45, 2.75) is 63.2 Å². The molecule has 51 heavy (non-hydrogen) atoms. The number of rotatable bonds is 12. The van der Waals surface area contributed by atoms with Crippen LogP contribution in [0, 0.1) is 0 Å². The summed E-state index contributed by atoms with van der Waals surface area (Å²) in [5.41, 5.74) is -4.73. The minimum Gasteiger partial charge on any atom is -0.488 e. The molecule has 0 saturated heterocycles. The van der Waals surface area contributed by atoms with E-state index in [0.717, 1.165) is 29.3 Å². The molecule has 2 N–H and O–H groups in total. The van der Waals surface area contributed by atoms with Gasteiger partial charge in [0, 0.05) is 19.6 Å². The molecule has 19 heteroatoms. The van der Waals surface area contributed by atoms with Crippen molar-refractivity contribution in [2.75, 3.05) is 37.1 Å². The van der Waals surface area contributed by atoms with Crippen LogP contribution in [0.25, 0.3) is 0 Å². The van der Waals surface area contributed by atoms with Crippen molar-refractivity contribution in [3.63, 3.8) is 0 Å². The first kappa shape index (κ1) is 39.0. The fraction of sp³-hybridized carbons (Fsp3) is 0.438. The summed E-state index contributed by atoms with van der Waals surface area (Å²) >= 11 is 0. The number of aliphatic carboxylic acids is 1. The molecule has 0 aliphatic carbocycles. The number of hydrogen-bond donors (Lipinski definition) is 2. The van der Waals surface area contributed by atoms with Crippen LogP contribution in [0.15, 0.2) is 42.6 Å². The van der Waals surface area contributed by atoms with E-state index < -0.39 is 84.4 Å². The molecule has 1 aliphatic rings. The SMILES string of the molecule is CC[C@@H]1C[C@H](Nc2ncc(OCCOC)c(Cc3cc(C(F)(F)F)cc(C(F)(F)F)c3)n2)c2cc(C(F)(F)F)ccc2N1C(=O)OCCC(=O)O. The van der Waals surface area contributed by atoms with Gasteiger partial charge in [0.2, 0.25) is 5.95 Å². The predicted molar refractivity (Wildman–Crippen MR) is 161 cm³/mol. The number of alkyl halides is 9. The molecule has 2 heterocycles. The Balaban J connectivity index is 1.76. The largest absolute Gasteiger partial charge is 0.488 e. The number of amides is 1. The summed E-state index contributed by atoms with van der Waals surface area (Å²) in [5.74, 6) is -1.60. The fourth-order valence-electron chi connectivity index (χ4n) is 5.39. The molecular weight excluding hydrogens is 707 g/mol. The van der Waals surface area contributed by atoms with E-state index in [-0.39, 0.29) is 60.8 Å². The van der Waals surface area contributed by atoms with E-state index in [4.69, 9.17) is 19.3 Å². The lowest BCUT2D eigenvalue weighted by Gasteiger charge is -2.40. The van der Waals surface area contributed by atoms with Gasteiger partial charge in [-0.25, -0.2) is 14.8 Å². The van der Waals surface area contributed by atoms with Gasteiger partial charge in [-0.15, -0.1) is 0 Å². The van der Waals surface area contributed by atoms with Crippen LogP contribution in [0.2, 0.25) is 0 Å². The molecule has 278 valence electrons. The Bertz CT molecular complexity index is 1680. The first-order valence-electron chi connectivity index (χ1n) is 15.2. The van der Waals surface area contributed by atoms with Gasteiger partial charge in [0.15, 0.2) is 5.75 Å². The average molecular weight is 739 g/mol. The normalized spacial score (nSPS) is 16.4. The second-order valence-corrected chi connectivity index (χ2v) is 11.3. The van der Waals surface area contributed by atoms with Crippen LogP contribution in [-0.4, -0.2) is 60.1 Å². The summed E-state index contributed by atoms with van der Waals surface area (Å²) in [4.78, 5) is 33.5. The zero-order valence-corrected chi connectivity index (χ0v) is 26.9. The van der Waals surface area contributed by atoms with E-state index in [0.29, 0.717) is 12.1 Å². The summed E-state index contributed by atoms with van der Waals surface area (Å²) in [6, 6.07) is 2.00. The summed E-state index contributed by atoms with van der Waals surface area (Å²) in [7, 11) is 1.36. The molecule has 1 aliphatic heterocycles. The van der Waals surface area contributed by atoms with Gasteiger partial charge >= 0.3 is 30.6 Å². The van der Waals surface area contributed by atoms with Crippen molar-refractivity contribution in [2.24, 2.45) is 0 Å². The highest BCUT2D eigenvalue weighted by molar-refractivity contribution is 5.90. The number of hydrogen-bond acceptors (Lipinski definition) is 8. The molecule has 10 nitrogen and oxygen atoms in total. The molecule has 1 amide bonds. The minimum atomic E-state index is -5.11. The van der Waals surface area contributed by atoms with E-state index in [1.54, 1.807) is 6.92 Å². The number of carboxylic acid groups (broad SMARTS) is 1. The number of nitrogens with zero attached hydrogens (tertiary/aromatic N) is 3. The highest BCUT2D eigenvalue weighted by Crippen LogP contribution is 2.43. The lowest BCUT2D eigenvalue weighted by atomic mass is 9.89. The van der Waals surface area contributed by atoms with E-state index in [9.17, 15) is 49.1 Å². The molecule has 0 bridgehead atoms. The minimum absolute atomic E-state index is 0.0160. The number of methoxy groups -OCH3 is 1. The average Bonchev–Trinajstić information content (AvgIpc) is 3.03. The lowest BCUT2D eigenvalue weighted by molar-refractivity contribution is -0.143. The van der Waals surface area contributed by atoms with E-state index in [1.807, 2.05) is 0 Å². The van der Waals surface area contributed by atoms with Crippen molar-refractivity contribution in [3.8, 4) is 5.75 Å². The van der Waals surface area contributed by atoms with Crippen molar-refractivity contribution < 1.29 is 68.4 Å². The molecule has 0 fully saturated rings. The highest BCUT2D eigenvalue weighted by atomic mass is 19.4. The summed E-state index contributed by atoms with van der Waals surface area (Å²) in [5, 5.41) is 11.8. The molecule has 0 spiro atoms. The highest BCUT2D eigenvalue weighted by Gasteiger charge is 2.40. The van der Waals surface area contributed by atoms with E-state index >= 15 is 0 Å². The molecule has 0 radical (unpaired) electrons. The molecule has 3 aromatic rings. The Hall–Kier alpha value is -4.81. The van der Waals surface area contributed by atoms with Crippen LogP contribution in [0.4, 0.5) is 55.9 Å². The zero-order chi connectivity index (χ0) is 37.7. The summed E-state index contributed by atoms with van der Waals surface area (Å²) in [6.45, 7) is 1.15. The Labute approximate surface area is 284 Å². The van der Waals surface area contributed by atoms with Crippen LogP contribution in [-0.2, 0) is 39.2 Å². The maximum Gasteiger partial charge on any atom is 0.416 e. The third-order valence-electron chi connectivity index (χ3n) is 7.77. The number of benzene rings is 2. The van der Waals surface area contributed by atoms with E-state index in [1.165, 1.54) is 7.11 Å². The maximum absolute atomic E-state index is 13.8. The van der Waals surface area contributed by atoms with Gasteiger partial charge < -0.3 is 24.6 Å². The number of halogens is 9. The van der Waals surface area contributed by atoms with Crippen LogP contribution < -0.4 is 15.0 Å². The molecule has 2 aromatic carbocycles. The summed E-state index contributed by atoms with van der Waals surface area (Å²) in [6.07, 6.45) is -15.8. The van der Waals surface area contributed by atoms with Crippen molar-refractivity contribution in [1.29, 1.82) is 0 Å². The quantitative estimate of drug-likeness (QED) is 0.141. The second-order valence-electron chi connectivity index (χ2n) is 11.3. The Morgan fingerprint density at radius 1 is 0.922 bits per heavy atom. The number of ether oxygens (including phenoxy) is 3. The molecule has 0 unspecified atom stereocenters. The number of carbonyl (C=O) groups excluding carboxylic acids is 1. The van der Waals surface area contributed by atoms with Crippen LogP contribution in [0.1, 0.15) is 65.7 Å². The molecule has 0 saturated carbocycles. The first-order chi connectivity index (χ1) is 23.8. The van der Waals surface area contributed by atoms with Crippen LogP contribution in [0.3, 0.4) is 0 Å². The van der Waals surface area contributed by atoms with Crippen molar-refractivity contribution in [3.05, 3.63) is 76.1 Å². The van der Waals surface area contributed by atoms with Crippen molar-refractivity contribution >= 4 is 23.7 Å². The molecular formula is C32H31F9N4O6. The van der Waals surface area contributed by atoms with Gasteiger partial charge in [-0.05, 0) is 60.4 Å². The third kappa shape index (κ3) is 9.92. The molecule has 2 atom stereocenters. The Kier molecular flexibility index (Phi) is 11.9. The van der Waals surface area contributed by atoms with Gasteiger partial charge in [0.05, 0.1) is 53.3 Å². The van der Waals surface area contributed by atoms with Gasteiger partial charge in [-0.1, -0.05) is 6.92 Å². The predicted octanol–water partition coefficient (Wildman–Crippen LogP) is 7.90. The number of fused-ring (bicyclic) bond motifs is 1. The second kappa shape index (κ2) is 15.6. The Morgan fingerprint density at radius 3 is 2.14 bits per heavy atom. The van der Waals surface area contributed by atoms with Gasteiger partial charge in [-0.2, -0.15) is 39.5 Å². The fourth-order valence-corrected chi connectivity index (χ4v) is 5.39. The maximum atomic E-state index is 13.8. The molecule has 1 aromatic heterocycles. The topological polar surface area (TPSA) is 123 Å². The molecule has 4 rings (SSSR count). The zero-order valence-electron chi connectivity index (χ0n) is 26.9. The van der Waals surface area contributed by atoms with Gasteiger partial charge in [-0.3, -0.25) is 9.69 Å². The smallest absolute Gasteiger partial charge is 0.416 e. The standard InChI is InChI=1S/C32H31F9N4O6/c1-3-21-15-23(22-14-18(30(33,34)35)4-5-25(22)45(21)29(48)51-7-6-27(46)47)43-28-42-16-26(50-9-8-49-2)24(44-28)12-17-10-19(31(36,37)38)13-20(11-17)32(39,40)41/h4-5,10-11,13-14,16,21,23H,3,6-9,12,15H2,1-2H3,(H,46,47)(H,42,43,44)/t21-,23+/m1/s1. The number of anilines is 2. The monoisotopic (exact) mass is 738 g/mol. The summed E-state index contributed by atoms with van der Waals surface area (Å²) < 4.78 is 138. The van der Waals surface area contributed by atoms with Crippen LogP contribution in [0.5, 0.6) is 5.75 Å². The van der Waals surface area contributed by atoms with Crippen LogP contribution >= 0.6 is 0 Å².